The first-order valence-corrected chi connectivity index (χ1v) is 7.07. The fraction of sp³-hybridized carbons (Fsp3) is 0.353. The molecule has 106 valence electrons. The lowest BCUT2D eigenvalue weighted by Crippen LogP contribution is -2.35. The van der Waals surface area contributed by atoms with E-state index in [0.29, 0.717) is 12.1 Å². The van der Waals surface area contributed by atoms with Crippen LogP contribution in [0.4, 0.5) is 0 Å². The fourth-order valence-corrected chi connectivity index (χ4v) is 2.10. The van der Waals surface area contributed by atoms with Crippen molar-refractivity contribution in [3.63, 3.8) is 0 Å². The third-order valence-electron chi connectivity index (χ3n) is 3.78. The average Bonchev–Trinajstić information content (AvgIpc) is 2.50. The summed E-state index contributed by atoms with van der Waals surface area (Å²) in [6.07, 6.45) is 0.400. The molecular formula is C17H21NO2. The second kappa shape index (κ2) is 6.53. The number of nitrogens with one attached hydrogen (secondary N) is 1. The summed E-state index contributed by atoms with van der Waals surface area (Å²) in [5, 5.41) is 14.8. The minimum atomic E-state index is -0.496. The van der Waals surface area contributed by atoms with E-state index in [0.717, 1.165) is 17.2 Å². The Labute approximate surface area is 119 Å². The molecule has 2 rings (SSSR count). The molecule has 0 spiro atoms. The Morgan fingerprint density at radius 1 is 1.20 bits per heavy atom. The monoisotopic (exact) mass is 271 g/mol. The third-order valence-corrected chi connectivity index (χ3v) is 3.78. The Bertz CT molecular complexity index is 594. The van der Waals surface area contributed by atoms with E-state index in [9.17, 15) is 9.90 Å². The van der Waals surface area contributed by atoms with Crippen LogP contribution in [-0.4, -0.2) is 23.7 Å². The highest BCUT2D eigenvalue weighted by Gasteiger charge is 2.14. The van der Waals surface area contributed by atoms with Gasteiger partial charge in [-0.05, 0) is 28.8 Å². The maximum absolute atomic E-state index is 12.1. The molecule has 0 bridgehead atoms. The summed E-state index contributed by atoms with van der Waals surface area (Å²) in [5.74, 6) is 0.0463. The lowest BCUT2D eigenvalue weighted by Gasteiger charge is -2.17. The molecule has 2 N–H and O–H groups in total. The van der Waals surface area contributed by atoms with Gasteiger partial charge < -0.3 is 10.4 Å². The van der Waals surface area contributed by atoms with Gasteiger partial charge in [-0.25, -0.2) is 0 Å². The van der Waals surface area contributed by atoms with Crippen LogP contribution in [0.3, 0.4) is 0 Å². The van der Waals surface area contributed by atoms with Gasteiger partial charge >= 0.3 is 0 Å². The lowest BCUT2D eigenvalue weighted by atomic mass is 10.0. The number of hydrogen-bond donors (Lipinski definition) is 2. The van der Waals surface area contributed by atoms with E-state index in [1.54, 1.807) is 0 Å². The van der Waals surface area contributed by atoms with Crippen LogP contribution in [-0.2, 0) is 0 Å². The van der Waals surface area contributed by atoms with E-state index in [1.165, 1.54) is 0 Å². The Balaban J connectivity index is 2.04. The molecule has 1 amide bonds. The zero-order valence-electron chi connectivity index (χ0n) is 12.0. The normalized spacial score (nSPS) is 13.9. The van der Waals surface area contributed by atoms with Crippen molar-refractivity contribution in [2.45, 2.75) is 26.4 Å². The van der Waals surface area contributed by atoms with Crippen molar-refractivity contribution in [1.29, 1.82) is 0 Å². The molecule has 0 aliphatic carbocycles. The molecule has 0 aromatic heterocycles. The Morgan fingerprint density at radius 2 is 1.90 bits per heavy atom. The first-order chi connectivity index (χ1) is 9.61. The number of fused-ring (bicyclic) bond motifs is 1. The summed E-state index contributed by atoms with van der Waals surface area (Å²) in [6.45, 7) is 4.30. The molecule has 0 saturated carbocycles. The predicted molar refractivity (Wildman–Crippen MR) is 81.7 cm³/mol. The van der Waals surface area contributed by atoms with Crippen LogP contribution in [0.1, 0.15) is 30.6 Å². The SMILES string of the molecule is CCC(C)C(O)CNC(=O)c1ccc2ccccc2c1. The molecule has 0 aliphatic heterocycles. The van der Waals surface area contributed by atoms with Gasteiger partial charge in [0.05, 0.1) is 6.10 Å². The van der Waals surface area contributed by atoms with Gasteiger partial charge in [-0.15, -0.1) is 0 Å². The zero-order valence-corrected chi connectivity index (χ0v) is 12.0. The first kappa shape index (κ1) is 14.5. The summed E-state index contributed by atoms with van der Waals surface area (Å²) in [6, 6.07) is 13.6. The van der Waals surface area contributed by atoms with E-state index in [2.05, 4.69) is 5.32 Å². The number of amides is 1. The molecule has 0 heterocycles. The molecule has 0 radical (unpaired) electrons. The van der Waals surface area contributed by atoms with Gasteiger partial charge in [0.15, 0.2) is 0 Å². The lowest BCUT2D eigenvalue weighted by molar-refractivity contribution is 0.0850. The largest absolute Gasteiger partial charge is 0.391 e. The van der Waals surface area contributed by atoms with Gasteiger partial charge in [0.25, 0.3) is 5.91 Å². The number of aliphatic hydroxyl groups is 1. The standard InChI is InChI=1S/C17H21NO2/c1-3-12(2)16(19)11-18-17(20)15-9-8-13-6-4-5-7-14(13)10-15/h4-10,12,16,19H,3,11H2,1-2H3,(H,18,20). The minimum absolute atomic E-state index is 0.141. The van der Waals surface area contributed by atoms with Crippen molar-refractivity contribution in [2.75, 3.05) is 6.54 Å². The smallest absolute Gasteiger partial charge is 0.251 e. The van der Waals surface area contributed by atoms with Crippen molar-refractivity contribution in [1.82, 2.24) is 5.32 Å². The van der Waals surface area contributed by atoms with Gasteiger partial charge in [-0.1, -0.05) is 50.6 Å². The minimum Gasteiger partial charge on any atom is -0.391 e. The van der Waals surface area contributed by atoms with Crippen molar-refractivity contribution in [3.05, 3.63) is 48.0 Å². The molecule has 0 saturated heterocycles. The van der Waals surface area contributed by atoms with Crippen molar-refractivity contribution in [3.8, 4) is 0 Å². The van der Waals surface area contributed by atoms with E-state index >= 15 is 0 Å². The Kier molecular flexibility index (Phi) is 4.74. The number of benzene rings is 2. The Morgan fingerprint density at radius 3 is 2.60 bits per heavy atom. The van der Waals surface area contributed by atoms with E-state index in [-0.39, 0.29) is 11.8 Å². The van der Waals surface area contributed by atoms with Gasteiger partial charge in [-0.2, -0.15) is 0 Å². The highest BCUT2D eigenvalue weighted by molar-refractivity contribution is 5.98. The highest BCUT2D eigenvalue weighted by Crippen LogP contribution is 2.15. The molecule has 0 aliphatic rings. The number of hydrogen-bond acceptors (Lipinski definition) is 2. The molecule has 2 atom stereocenters. The van der Waals surface area contributed by atoms with Crippen molar-refractivity contribution in [2.24, 2.45) is 5.92 Å². The third kappa shape index (κ3) is 3.36. The van der Waals surface area contributed by atoms with Gasteiger partial charge in [0.2, 0.25) is 0 Å². The van der Waals surface area contributed by atoms with Crippen LogP contribution < -0.4 is 5.32 Å². The maximum Gasteiger partial charge on any atom is 0.251 e. The quantitative estimate of drug-likeness (QED) is 0.878. The number of carbonyl (C=O) groups excluding carboxylic acids is 1. The molecule has 20 heavy (non-hydrogen) atoms. The summed E-state index contributed by atoms with van der Waals surface area (Å²) >= 11 is 0. The second-order valence-corrected chi connectivity index (χ2v) is 5.22. The zero-order chi connectivity index (χ0) is 14.5. The highest BCUT2D eigenvalue weighted by atomic mass is 16.3. The van der Waals surface area contributed by atoms with Crippen LogP contribution >= 0.6 is 0 Å². The van der Waals surface area contributed by atoms with Gasteiger partial charge in [0, 0.05) is 12.1 Å². The number of aliphatic hydroxyl groups excluding tert-OH is 1. The topological polar surface area (TPSA) is 49.3 Å². The van der Waals surface area contributed by atoms with Crippen molar-refractivity contribution < 1.29 is 9.90 Å². The van der Waals surface area contributed by atoms with Crippen LogP contribution in [0.2, 0.25) is 0 Å². The summed E-state index contributed by atoms with van der Waals surface area (Å²) in [5.41, 5.74) is 0.625. The Hall–Kier alpha value is -1.87. The molecule has 3 heteroatoms. The van der Waals surface area contributed by atoms with E-state index < -0.39 is 6.10 Å². The molecule has 2 aromatic rings. The van der Waals surface area contributed by atoms with Gasteiger partial charge in [0.1, 0.15) is 0 Å². The summed E-state index contributed by atoms with van der Waals surface area (Å²) < 4.78 is 0. The average molecular weight is 271 g/mol. The molecule has 3 nitrogen and oxygen atoms in total. The van der Waals surface area contributed by atoms with E-state index in [4.69, 9.17) is 0 Å². The molecule has 2 aromatic carbocycles. The second-order valence-electron chi connectivity index (χ2n) is 5.22. The van der Waals surface area contributed by atoms with Crippen LogP contribution in [0, 0.1) is 5.92 Å². The van der Waals surface area contributed by atoms with E-state index in [1.807, 2.05) is 56.3 Å². The van der Waals surface area contributed by atoms with Crippen LogP contribution in [0.15, 0.2) is 42.5 Å². The van der Waals surface area contributed by atoms with Crippen LogP contribution in [0.5, 0.6) is 0 Å². The summed E-state index contributed by atoms with van der Waals surface area (Å²) in [7, 11) is 0. The molecule has 2 unspecified atom stereocenters. The maximum atomic E-state index is 12.1. The van der Waals surface area contributed by atoms with Crippen LogP contribution in [0.25, 0.3) is 10.8 Å². The summed E-state index contributed by atoms with van der Waals surface area (Å²) in [4.78, 5) is 12.1. The number of rotatable bonds is 5. The van der Waals surface area contributed by atoms with Gasteiger partial charge in [-0.3, -0.25) is 4.79 Å². The number of carbonyl (C=O) groups is 1. The van der Waals surface area contributed by atoms with Crippen molar-refractivity contribution >= 4 is 16.7 Å². The first-order valence-electron chi connectivity index (χ1n) is 7.07. The predicted octanol–water partition coefficient (Wildman–Crippen LogP) is 2.98. The fourth-order valence-electron chi connectivity index (χ4n) is 2.10. The molecule has 0 fully saturated rings. The molecular weight excluding hydrogens is 250 g/mol.